The predicted molar refractivity (Wildman–Crippen MR) is 61.5 cm³/mol. The van der Waals surface area contributed by atoms with E-state index in [-0.39, 0.29) is 17.6 Å². The topological polar surface area (TPSA) is 38.5 Å². The van der Waals surface area contributed by atoms with Crippen LogP contribution in [0.3, 0.4) is 0 Å². The molecule has 2 N–H and O–H groups in total. The van der Waals surface area contributed by atoms with Gasteiger partial charge in [0.05, 0.1) is 11.8 Å². The van der Waals surface area contributed by atoms with Gasteiger partial charge in [0.25, 0.3) is 0 Å². The number of rotatable bonds is 3. The fraction of sp³-hybridized carbons (Fsp3) is 0.500. The van der Waals surface area contributed by atoms with Gasteiger partial charge in [-0.05, 0) is 12.5 Å². The summed E-state index contributed by atoms with van der Waals surface area (Å²) in [7, 11) is 1.72. The lowest BCUT2D eigenvalue weighted by Gasteiger charge is -2.16. The molecule has 0 bridgehead atoms. The molecule has 1 unspecified atom stereocenters. The van der Waals surface area contributed by atoms with Crippen molar-refractivity contribution in [3.63, 3.8) is 0 Å². The number of halogens is 1. The molecule has 1 fully saturated rings. The zero-order valence-electron chi connectivity index (χ0n) is 9.45. The molecule has 0 aromatic heterocycles. The Morgan fingerprint density at radius 3 is 3.06 bits per heavy atom. The number of hydrogen-bond donors (Lipinski definition) is 1. The maximum atomic E-state index is 13.7. The van der Waals surface area contributed by atoms with Crippen molar-refractivity contribution in [2.75, 3.05) is 25.9 Å². The van der Waals surface area contributed by atoms with Gasteiger partial charge in [0.15, 0.2) is 5.82 Å². The number of hydrogen-bond acceptors (Lipinski definition) is 3. The summed E-state index contributed by atoms with van der Waals surface area (Å²) < 4.78 is 18.9. The Labute approximate surface area is 95.0 Å². The number of ether oxygens (including phenoxy) is 1. The van der Waals surface area contributed by atoms with E-state index in [0.717, 1.165) is 19.5 Å². The van der Waals surface area contributed by atoms with Gasteiger partial charge in [0.1, 0.15) is 0 Å². The van der Waals surface area contributed by atoms with Crippen molar-refractivity contribution < 1.29 is 9.13 Å². The molecule has 4 heteroatoms. The largest absolute Gasteiger partial charge is 0.396 e. The van der Waals surface area contributed by atoms with Crippen LogP contribution in [0.5, 0.6) is 0 Å². The monoisotopic (exact) mass is 224 g/mol. The van der Waals surface area contributed by atoms with Crippen molar-refractivity contribution >= 4 is 5.69 Å². The number of nitrogen functional groups attached to an aromatic ring is 1. The molecule has 0 aliphatic carbocycles. The SMILES string of the molecule is COC1CCN(Cc2cccc(N)c2F)C1. The van der Waals surface area contributed by atoms with Gasteiger partial charge in [-0.3, -0.25) is 4.90 Å². The molecule has 1 atom stereocenters. The van der Waals surface area contributed by atoms with Gasteiger partial charge >= 0.3 is 0 Å². The maximum absolute atomic E-state index is 13.7. The highest BCUT2D eigenvalue weighted by molar-refractivity contribution is 5.42. The van der Waals surface area contributed by atoms with Gasteiger partial charge in [-0.1, -0.05) is 12.1 Å². The third-order valence-electron chi connectivity index (χ3n) is 3.06. The fourth-order valence-electron chi connectivity index (χ4n) is 2.10. The standard InChI is InChI=1S/C12H17FN2O/c1-16-10-5-6-15(8-10)7-9-3-2-4-11(14)12(9)13/h2-4,10H,5-8,14H2,1H3. The first-order chi connectivity index (χ1) is 7.70. The summed E-state index contributed by atoms with van der Waals surface area (Å²) in [6.07, 6.45) is 1.30. The average Bonchev–Trinajstić information content (AvgIpc) is 2.73. The van der Waals surface area contributed by atoms with Gasteiger partial charge in [0.2, 0.25) is 0 Å². The minimum atomic E-state index is -0.289. The fourth-order valence-corrected chi connectivity index (χ4v) is 2.10. The van der Waals surface area contributed by atoms with Crippen molar-refractivity contribution in [2.24, 2.45) is 0 Å². The molecule has 2 rings (SSSR count). The Balaban J connectivity index is 2.02. The molecule has 1 aromatic rings. The van der Waals surface area contributed by atoms with Crippen LogP contribution in [0.25, 0.3) is 0 Å². The second-order valence-corrected chi connectivity index (χ2v) is 4.20. The van der Waals surface area contributed by atoms with Crippen LogP contribution in [0.1, 0.15) is 12.0 Å². The summed E-state index contributed by atoms with van der Waals surface area (Å²) >= 11 is 0. The second-order valence-electron chi connectivity index (χ2n) is 4.20. The zero-order valence-corrected chi connectivity index (χ0v) is 9.45. The number of nitrogens with zero attached hydrogens (tertiary/aromatic N) is 1. The Bertz CT molecular complexity index is 370. The van der Waals surface area contributed by atoms with Crippen LogP contribution in [0.4, 0.5) is 10.1 Å². The van der Waals surface area contributed by atoms with E-state index in [1.807, 2.05) is 0 Å². The average molecular weight is 224 g/mol. The number of benzene rings is 1. The number of likely N-dealkylation sites (tertiary alicyclic amines) is 1. The first-order valence-electron chi connectivity index (χ1n) is 5.48. The van der Waals surface area contributed by atoms with Crippen LogP contribution in [0.2, 0.25) is 0 Å². The van der Waals surface area contributed by atoms with Gasteiger partial charge in [0, 0.05) is 32.3 Å². The molecule has 0 radical (unpaired) electrons. The van der Waals surface area contributed by atoms with E-state index in [2.05, 4.69) is 4.90 Å². The van der Waals surface area contributed by atoms with E-state index in [9.17, 15) is 4.39 Å². The Morgan fingerprint density at radius 2 is 2.38 bits per heavy atom. The molecule has 3 nitrogen and oxygen atoms in total. The molecule has 1 aromatic carbocycles. The molecule has 16 heavy (non-hydrogen) atoms. The molecule has 0 amide bonds. The molecule has 0 spiro atoms. The van der Waals surface area contributed by atoms with Crippen LogP contribution in [-0.2, 0) is 11.3 Å². The first kappa shape index (κ1) is 11.4. The lowest BCUT2D eigenvalue weighted by Crippen LogP contribution is -2.23. The zero-order chi connectivity index (χ0) is 11.5. The number of methoxy groups -OCH3 is 1. The minimum absolute atomic E-state index is 0.222. The van der Waals surface area contributed by atoms with Gasteiger partial charge < -0.3 is 10.5 Å². The summed E-state index contributed by atoms with van der Waals surface area (Å²) in [4.78, 5) is 2.19. The highest BCUT2D eigenvalue weighted by Crippen LogP contribution is 2.19. The summed E-state index contributed by atoms with van der Waals surface area (Å²) in [5.41, 5.74) is 6.42. The van der Waals surface area contributed by atoms with Crippen molar-refractivity contribution in [3.05, 3.63) is 29.6 Å². The molecular weight excluding hydrogens is 207 g/mol. The Morgan fingerprint density at radius 1 is 1.56 bits per heavy atom. The summed E-state index contributed by atoms with van der Waals surface area (Å²) in [6.45, 7) is 2.42. The van der Waals surface area contributed by atoms with Gasteiger partial charge in [-0.25, -0.2) is 4.39 Å². The third kappa shape index (κ3) is 2.33. The van der Waals surface area contributed by atoms with Crippen LogP contribution >= 0.6 is 0 Å². The summed E-state index contributed by atoms with van der Waals surface area (Å²) in [5.74, 6) is -0.289. The van der Waals surface area contributed by atoms with Crippen LogP contribution in [0.15, 0.2) is 18.2 Å². The van der Waals surface area contributed by atoms with Crippen molar-refractivity contribution in [2.45, 2.75) is 19.1 Å². The smallest absolute Gasteiger partial charge is 0.150 e. The number of anilines is 1. The lowest BCUT2D eigenvalue weighted by atomic mass is 10.2. The predicted octanol–water partition coefficient (Wildman–Crippen LogP) is 1.63. The summed E-state index contributed by atoms with van der Waals surface area (Å²) in [5, 5.41) is 0. The van der Waals surface area contributed by atoms with E-state index in [0.29, 0.717) is 12.1 Å². The van der Waals surface area contributed by atoms with Crippen LogP contribution in [-0.4, -0.2) is 31.2 Å². The van der Waals surface area contributed by atoms with E-state index < -0.39 is 0 Å². The molecule has 1 aliphatic heterocycles. The Hall–Kier alpha value is -1.13. The van der Waals surface area contributed by atoms with Gasteiger partial charge in [-0.15, -0.1) is 0 Å². The maximum Gasteiger partial charge on any atom is 0.150 e. The van der Waals surface area contributed by atoms with Crippen molar-refractivity contribution in [1.29, 1.82) is 0 Å². The molecule has 1 aliphatic rings. The highest BCUT2D eigenvalue weighted by atomic mass is 19.1. The van der Waals surface area contributed by atoms with Crippen molar-refractivity contribution in [1.82, 2.24) is 4.90 Å². The van der Waals surface area contributed by atoms with Gasteiger partial charge in [-0.2, -0.15) is 0 Å². The van der Waals surface area contributed by atoms with Crippen LogP contribution in [0, 0.1) is 5.82 Å². The first-order valence-corrected chi connectivity index (χ1v) is 5.48. The van der Waals surface area contributed by atoms with Crippen LogP contribution < -0.4 is 5.73 Å². The highest BCUT2D eigenvalue weighted by Gasteiger charge is 2.22. The Kier molecular flexibility index (Phi) is 3.41. The lowest BCUT2D eigenvalue weighted by molar-refractivity contribution is 0.107. The van der Waals surface area contributed by atoms with E-state index in [4.69, 9.17) is 10.5 Å². The normalized spacial score (nSPS) is 21.5. The molecule has 1 saturated heterocycles. The van der Waals surface area contributed by atoms with E-state index in [1.165, 1.54) is 0 Å². The molecule has 0 saturated carbocycles. The molecular formula is C12H17FN2O. The van der Waals surface area contributed by atoms with E-state index in [1.54, 1.807) is 25.3 Å². The minimum Gasteiger partial charge on any atom is -0.396 e. The summed E-state index contributed by atoms with van der Waals surface area (Å²) in [6, 6.07) is 5.16. The van der Waals surface area contributed by atoms with Crippen molar-refractivity contribution in [3.8, 4) is 0 Å². The second kappa shape index (κ2) is 4.80. The van der Waals surface area contributed by atoms with E-state index >= 15 is 0 Å². The quantitative estimate of drug-likeness (QED) is 0.793. The molecule has 88 valence electrons. The number of nitrogens with two attached hydrogens (primary N) is 1. The third-order valence-corrected chi connectivity index (χ3v) is 3.06. The molecule has 1 heterocycles.